The Kier molecular flexibility index (Phi) is 4.74. The SMILES string of the molecule is COc1ccc(C2=CCCc3cc(OC)c(OC)c(OC)c32)cc1O. The van der Waals surface area contributed by atoms with E-state index in [9.17, 15) is 5.11 Å². The lowest BCUT2D eigenvalue weighted by Gasteiger charge is -2.24. The van der Waals surface area contributed by atoms with E-state index in [0.29, 0.717) is 23.0 Å². The van der Waals surface area contributed by atoms with Gasteiger partial charge in [-0.3, -0.25) is 0 Å². The molecule has 1 aliphatic carbocycles. The number of ether oxygens (including phenoxy) is 4. The predicted molar refractivity (Wildman–Crippen MR) is 96.2 cm³/mol. The molecule has 0 fully saturated rings. The first-order valence-electron chi connectivity index (χ1n) is 8.04. The molecule has 25 heavy (non-hydrogen) atoms. The van der Waals surface area contributed by atoms with Crippen molar-refractivity contribution in [1.82, 2.24) is 0 Å². The zero-order chi connectivity index (χ0) is 18.0. The highest BCUT2D eigenvalue weighted by atomic mass is 16.5. The van der Waals surface area contributed by atoms with Crippen LogP contribution in [0.5, 0.6) is 28.7 Å². The molecule has 0 heterocycles. The van der Waals surface area contributed by atoms with Gasteiger partial charge in [-0.25, -0.2) is 0 Å². The summed E-state index contributed by atoms with van der Waals surface area (Å²) in [7, 11) is 6.36. The number of rotatable bonds is 5. The summed E-state index contributed by atoms with van der Waals surface area (Å²) in [5.41, 5.74) is 3.99. The normalized spacial score (nSPS) is 12.9. The van der Waals surface area contributed by atoms with Gasteiger partial charge in [0, 0.05) is 5.56 Å². The Morgan fingerprint density at radius 1 is 0.840 bits per heavy atom. The van der Waals surface area contributed by atoms with Gasteiger partial charge in [0.25, 0.3) is 0 Å². The van der Waals surface area contributed by atoms with Crippen LogP contribution in [0.2, 0.25) is 0 Å². The standard InChI is InChI=1S/C20H22O5/c1-22-16-9-8-12(10-15(16)21)14-7-5-6-13-11-17(23-2)19(24-3)20(25-4)18(13)14/h7-11,21H,5-6H2,1-4H3. The quantitative estimate of drug-likeness (QED) is 0.895. The molecular formula is C20H22O5. The Labute approximate surface area is 147 Å². The third-order valence-corrected chi connectivity index (χ3v) is 4.43. The first-order valence-corrected chi connectivity index (χ1v) is 8.04. The van der Waals surface area contributed by atoms with Crippen LogP contribution in [0.25, 0.3) is 5.57 Å². The first kappa shape index (κ1) is 17.0. The van der Waals surface area contributed by atoms with Crippen LogP contribution in [0.3, 0.4) is 0 Å². The maximum absolute atomic E-state index is 10.2. The van der Waals surface area contributed by atoms with Crippen LogP contribution in [0.1, 0.15) is 23.1 Å². The van der Waals surface area contributed by atoms with Gasteiger partial charge in [-0.1, -0.05) is 12.1 Å². The molecule has 132 valence electrons. The fourth-order valence-corrected chi connectivity index (χ4v) is 3.29. The number of phenolic OH excluding ortho intramolecular Hbond substituents is 1. The molecule has 0 atom stereocenters. The number of methoxy groups -OCH3 is 4. The third kappa shape index (κ3) is 2.86. The molecule has 0 aliphatic heterocycles. The molecule has 3 rings (SSSR count). The van der Waals surface area contributed by atoms with Gasteiger partial charge in [-0.2, -0.15) is 0 Å². The van der Waals surface area contributed by atoms with Crippen molar-refractivity contribution < 1.29 is 24.1 Å². The highest BCUT2D eigenvalue weighted by molar-refractivity contribution is 5.88. The van der Waals surface area contributed by atoms with Crippen LogP contribution in [0.4, 0.5) is 0 Å². The van der Waals surface area contributed by atoms with Gasteiger partial charge in [0.05, 0.1) is 28.4 Å². The third-order valence-electron chi connectivity index (χ3n) is 4.43. The van der Waals surface area contributed by atoms with E-state index in [1.165, 1.54) is 7.11 Å². The average Bonchev–Trinajstić information content (AvgIpc) is 2.65. The largest absolute Gasteiger partial charge is 0.504 e. The highest BCUT2D eigenvalue weighted by Crippen LogP contribution is 2.48. The Bertz CT molecular complexity index is 823. The molecule has 0 spiro atoms. The molecule has 5 nitrogen and oxygen atoms in total. The number of hydrogen-bond acceptors (Lipinski definition) is 5. The molecule has 0 amide bonds. The van der Waals surface area contributed by atoms with Gasteiger partial charge in [0.2, 0.25) is 5.75 Å². The van der Waals surface area contributed by atoms with Gasteiger partial charge >= 0.3 is 0 Å². The molecule has 5 heteroatoms. The molecule has 0 bridgehead atoms. The Morgan fingerprint density at radius 3 is 2.16 bits per heavy atom. The molecule has 2 aromatic rings. The van der Waals surface area contributed by atoms with E-state index in [1.807, 2.05) is 12.1 Å². The molecule has 0 aromatic heterocycles. The fraction of sp³-hybridized carbons (Fsp3) is 0.300. The number of aromatic hydroxyl groups is 1. The number of aryl methyl sites for hydroxylation is 1. The second kappa shape index (κ2) is 6.97. The van der Waals surface area contributed by atoms with E-state index >= 15 is 0 Å². The molecule has 1 aliphatic rings. The molecule has 0 unspecified atom stereocenters. The summed E-state index contributed by atoms with van der Waals surface area (Å²) in [5, 5.41) is 10.2. The predicted octanol–water partition coefficient (Wildman–Crippen LogP) is 3.80. The fourth-order valence-electron chi connectivity index (χ4n) is 3.29. The smallest absolute Gasteiger partial charge is 0.203 e. The summed E-state index contributed by atoms with van der Waals surface area (Å²) in [6, 6.07) is 7.38. The van der Waals surface area contributed by atoms with Crippen molar-refractivity contribution >= 4 is 5.57 Å². The minimum atomic E-state index is 0.104. The Hall–Kier alpha value is -2.82. The molecule has 0 saturated carbocycles. The zero-order valence-electron chi connectivity index (χ0n) is 14.9. The van der Waals surface area contributed by atoms with Crippen molar-refractivity contribution in [1.29, 1.82) is 0 Å². The summed E-state index contributed by atoms with van der Waals surface area (Å²) in [6.07, 6.45) is 3.93. The van der Waals surface area contributed by atoms with Crippen LogP contribution in [-0.4, -0.2) is 33.5 Å². The molecule has 0 radical (unpaired) electrons. The molecule has 0 saturated heterocycles. The lowest BCUT2D eigenvalue weighted by atomic mass is 9.85. The minimum absolute atomic E-state index is 0.104. The summed E-state index contributed by atoms with van der Waals surface area (Å²) in [6.45, 7) is 0. The minimum Gasteiger partial charge on any atom is -0.504 e. The Morgan fingerprint density at radius 2 is 1.56 bits per heavy atom. The van der Waals surface area contributed by atoms with Crippen molar-refractivity contribution in [3.63, 3.8) is 0 Å². The average molecular weight is 342 g/mol. The van der Waals surface area contributed by atoms with Crippen molar-refractivity contribution in [2.45, 2.75) is 12.8 Å². The van der Waals surface area contributed by atoms with E-state index in [2.05, 4.69) is 6.08 Å². The summed E-state index contributed by atoms with van der Waals surface area (Å²) < 4.78 is 21.8. The monoisotopic (exact) mass is 342 g/mol. The zero-order valence-corrected chi connectivity index (χ0v) is 14.9. The Balaban J connectivity index is 2.21. The van der Waals surface area contributed by atoms with Gasteiger partial charge in [0.15, 0.2) is 23.0 Å². The van der Waals surface area contributed by atoms with Crippen LogP contribution in [0.15, 0.2) is 30.3 Å². The lowest BCUT2D eigenvalue weighted by molar-refractivity contribution is 0.323. The van der Waals surface area contributed by atoms with Crippen molar-refractivity contribution in [3.05, 3.63) is 47.0 Å². The van der Waals surface area contributed by atoms with E-state index in [0.717, 1.165) is 35.1 Å². The lowest BCUT2D eigenvalue weighted by Crippen LogP contribution is -2.07. The first-order chi connectivity index (χ1) is 12.1. The van der Waals surface area contributed by atoms with Crippen molar-refractivity contribution in [2.24, 2.45) is 0 Å². The molecule has 2 aromatic carbocycles. The number of benzene rings is 2. The number of allylic oxidation sites excluding steroid dienone is 1. The van der Waals surface area contributed by atoms with Crippen LogP contribution >= 0.6 is 0 Å². The molecular weight excluding hydrogens is 320 g/mol. The highest BCUT2D eigenvalue weighted by Gasteiger charge is 2.26. The van der Waals surface area contributed by atoms with E-state index in [1.54, 1.807) is 33.5 Å². The topological polar surface area (TPSA) is 57.2 Å². The number of phenols is 1. The second-order valence-corrected chi connectivity index (χ2v) is 5.72. The summed E-state index contributed by atoms with van der Waals surface area (Å²) in [5.74, 6) is 2.40. The maximum atomic E-state index is 10.2. The van der Waals surface area contributed by atoms with E-state index < -0.39 is 0 Å². The van der Waals surface area contributed by atoms with Gasteiger partial charge < -0.3 is 24.1 Å². The number of fused-ring (bicyclic) bond motifs is 1. The van der Waals surface area contributed by atoms with Gasteiger partial charge in [-0.15, -0.1) is 0 Å². The van der Waals surface area contributed by atoms with Gasteiger partial charge in [-0.05, 0) is 47.7 Å². The van der Waals surface area contributed by atoms with Crippen molar-refractivity contribution in [3.8, 4) is 28.7 Å². The van der Waals surface area contributed by atoms with Gasteiger partial charge in [0.1, 0.15) is 0 Å². The van der Waals surface area contributed by atoms with E-state index in [4.69, 9.17) is 18.9 Å². The van der Waals surface area contributed by atoms with E-state index in [-0.39, 0.29) is 5.75 Å². The number of hydrogen-bond donors (Lipinski definition) is 1. The van der Waals surface area contributed by atoms with Crippen LogP contribution < -0.4 is 18.9 Å². The molecule has 1 N–H and O–H groups in total. The maximum Gasteiger partial charge on any atom is 0.203 e. The summed E-state index contributed by atoms with van der Waals surface area (Å²) >= 11 is 0. The van der Waals surface area contributed by atoms with Crippen LogP contribution in [-0.2, 0) is 6.42 Å². The summed E-state index contributed by atoms with van der Waals surface area (Å²) in [4.78, 5) is 0. The van der Waals surface area contributed by atoms with Crippen LogP contribution in [0, 0.1) is 0 Å². The second-order valence-electron chi connectivity index (χ2n) is 5.72. The van der Waals surface area contributed by atoms with Crippen molar-refractivity contribution in [2.75, 3.05) is 28.4 Å².